The average molecular weight is 313 g/mol. The first-order valence-corrected chi connectivity index (χ1v) is 6.89. The van der Waals surface area contributed by atoms with Gasteiger partial charge in [0.05, 0.1) is 19.3 Å². The van der Waals surface area contributed by atoms with Crippen molar-refractivity contribution in [3.8, 4) is 5.75 Å². The molecular weight excluding hydrogens is 295 g/mol. The summed E-state index contributed by atoms with van der Waals surface area (Å²) in [6.45, 7) is 3.99. The Hall–Kier alpha value is -1.63. The van der Waals surface area contributed by atoms with E-state index in [1.807, 2.05) is 13.8 Å². The summed E-state index contributed by atoms with van der Waals surface area (Å²) in [7, 11) is 1.56. The van der Waals surface area contributed by atoms with E-state index in [4.69, 9.17) is 22.2 Å². The van der Waals surface area contributed by atoms with Crippen molar-refractivity contribution >= 4 is 11.6 Å². The van der Waals surface area contributed by atoms with Gasteiger partial charge in [-0.15, -0.1) is 0 Å². The zero-order chi connectivity index (χ0) is 15.6. The summed E-state index contributed by atoms with van der Waals surface area (Å²) in [5.41, 5.74) is 4.10. The number of nitrogens with zero attached hydrogens (tertiary/aromatic N) is 2. The molecule has 1 heterocycles. The molecule has 0 fully saturated rings. The first-order chi connectivity index (χ1) is 9.99. The van der Waals surface area contributed by atoms with Crippen molar-refractivity contribution in [3.63, 3.8) is 0 Å². The molecule has 1 unspecified atom stereocenters. The molecule has 1 aromatic carbocycles. The largest absolute Gasteiger partial charge is 0.493 e. The van der Waals surface area contributed by atoms with Crippen LogP contribution in [0.4, 0.5) is 4.39 Å². The van der Waals surface area contributed by atoms with Crippen LogP contribution in [-0.2, 0) is 0 Å². The summed E-state index contributed by atoms with van der Waals surface area (Å²) >= 11 is 6.14. The molecule has 114 valence electrons. The summed E-state index contributed by atoms with van der Waals surface area (Å²) in [6, 6.07) is 3.84. The number of hydrazine groups is 1. The molecule has 0 spiro atoms. The lowest BCUT2D eigenvalue weighted by molar-refractivity contribution is 0.394. The summed E-state index contributed by atoms with van der Waals surface area (Å²) in [6.07, 6.45) is 1.62. The second-order valence-corrected chi connectivity index (χ2v) is 5.31. The lowest BCUT2D eigenvalue weighted by Crippen LogP contribution is -2.31. The number of methoxy groups -OCH3 is 1. The molecule has 5 nitrogen and oxygen atoms in total. The Kier molecular flexibility index (Phi) is 4.82. The first kappa shape index (κ1) is 15.8. The highest BCUT2D eigenvalue weighted by Gasteiger charge is 2.25. The van der Waals surface area contributed by atoms with Crippen LogP contribution in [0.15, 0.2) is 24.4 Å². The van der Waals surface area contributed by atoms with Crippen molar-refractivity contribution in [1.82, 2.24) is 15.2 Å². The maximum absolute atomic E-state index is 13.2. The maximum atomic E-state index is 13.2. The standard InChI is InChI=1S/C14H18ClFN4O/c1-8(2)20-14(12(21-3)7-18-20)13(19-17)10-5-4-9(16)6-11(10)15/h4-8,13,19H,17H2,1-3H3. The molecule has 7 heteroatoms. The molecule has 0 bridgehead atoms. The number of nitrogens with one attached hydrogen (secondary N) is 1. The van der Waals surface area contributed by atoms with Gasteiger partial charge in [0.25, 0.3) is 0 Å². The van der Waals surface area contributed by atoms with Gasteiger partial charge in [0.1, 0.15) is 11.5 Å². The van der Waals surface area contributed by atoms with Crippen molar-refractivity contribution in [3.05, 3.63) is 46.5 Å². The second-order valence-electron chi connectivity index (χ2n) is 4.90. The van der Waals surface area contributed by atoms with Crippen LogP contribution in [0.1, 0.15) is 37.2 Å². The third-order valence-electron chi connectivity index (χ3n) is 3.22. The van der Waals surface area contributed by atoms with Crippen LogP contribution in [0.5, 0.6) is 5.75 Å². The molecule has 0 aliphatic carbocycles. The van der Waals surface area contributed by atoms with Crippen molar-refractivity contribution < 1.29 is 9.13 Å². The molecule has 0 aliphatic rings. The molecule has 1 aromatic heterocycles. The molecule has 21 heavy (non-hydrogen) atoms. The van der Waals surface area contributed by atoms with E-state index < -0.39 is 11.9 Å². The zero-order valence-corrected chi connectivity index (χ0v) is 12.9. The quantitative estimate of drug-likeness (QED) is 0.658. The van der Waals surface area contributed by atoms with Gasteiger partial charge in [-0.25, -0.2) is 9.82 Å². The molecule has 0 radical (unpaired) electrons. The van der Waals surface area contributed by atoms with Crippen LogP contribution in [0.2, 0.25) is 5.02 Å². The first-order valence-electron chi connectivity index (χ1n) is 6.52. The molecule has 0 amide bonds. The van der Waals surface area contributed by atoms with Gasteiger partial charge >= 0.3 is 0 Å². The van der Waals surface area contributed by atoms with E-state index in [2.05, 4.69) is 10.5 Å². The normalized spacial score (nSPS) is 12.7. The Balaban J connectivity index is 2.58. The summed E-state index contributed by atoms with van der Waals surface area (Å²) in [5.74, 6) is 5.89. The molecule has 2 aromatic rings. The minimum absolute atomic E-state index is 0.110. The van der Waals surface area contributed by atoms with Crippen LogP contribution in [0, 0.1) is 5.82 Å². The number of nitrogens with two attached hydrogens (primary N) is 1. The smallest absolute Gasteiger partial charge is 0.161 e. The number of halogens is 2. The van der Waals surface area contributed by atoms with E-state index in [1.165, 1.54) is 12.1 Å². The highest BCUT2D eigenvalue weighted by Crippen LogP contribution is 2.34. The molecular formula is C14H18ClFN4O. The Labute approximate surface area is 127 Å². The van der Waals surface area contributed by atoms with E-state index in [0.29, 0.717) is 11.3 Å². The van der Waals surface area contributed by atoms with Gasteiger partial charge in [0, 0.05) is 11.1 Å². The van der Waals surface area contributed by atoms with Crippen LogP contribution in [-0.4, -0.2) is 16.9 Å². The van der Waals surface area contributed by atoms with E-state index in [9.17, 15) is 4.39 Å². The molecule has 3 N–H and O–H groups in total. The number of benzene rings is 1. The molecule has 1 atom stereocenters. The van der Waals surface area contributed by atoms with Gasteiger partial charge in [-0.1, -0.05) is 17.7 Å². The third-order valence-corrected chi connectivity index (χ3v) is 3.55. The fourth-order valence-electron chi connectivity index (χ4n) is 2.25. The highest BCUT2D eigenvalue weighted by atomic mass is 35.5. The number of hydrogen-bond donors (Lipinski definition) is 2. The van der Waals surface area contributed by atoms with Gasteiger partial charge in [0.15, 0.2) is 5.75 Å². The Morgan fingerprint density at radius 3 is 2.67 bits per heavy atom. The Morgan fingerprint density at radius 2 is 2.14 bits per heavy atom. The SMILES string of the molecule is COc1cnn(C(C)C)c1C(NN)c1ccc(F)cc1Cl. The van der Waals surface area contributed by atoms with Crippen molar-refractivity contribution in [2.75, 3.05) is 7.11 Å². The van der Waals surface area contributed by atoms with Crippen LogP contribution in [0.25, 0.3) is 0 Å². The minimum atomic E-state index is -0.460. The average Bonchev–Trinajstić information content (AvgIpc) is 2.86. The summed E-state index contributed by atoms with van der Waals surface area (Å²) in [5, 5.41) is 4.60. The molecule has 0 aliphatic heterocycles. The monoisotopic (exact) mass is 312 g/mol. The maximum Gasteiger partial charge on any atom is 0.161 e. The van der Waals surface area contributed by atoms with Crippen LogP contribution >= 0.6 is 11.6 Å². The van der Waals surface area contributed by atoms with Gasteiger partial charge in [-0.2, -0.15) is 5.10 Å². The lowest BCUT2D eigenvalue weighted by Gasteiger charge is -2.22. The fourth-order valence-corrected chi connectivity index (χ4v) is 2.53. The number of hydrogen-bond acceptors (Lipinski definition) is 4. The van der Waals surface area contributed by atoms with E-state index in [0.717, 1.165) is 5.69 Å². The molecule has 2 rings (SSSR count). The second kappa shape index (κ2) is 6.43. The predicted molar refractivity (Wildman–Crippen MR) is 79.7 cm³/mol. The van der Waals surface area contributed by atoms with Crippen molar-refractivity contribution in [1.29, 1.82) is 0 Å². The highest BCUT2D eigenvalue weighted by molar-refractivity contribution is 6.31. The van der Waals surface area contributed by atoms with Gasteiger partial charge < -0.3 is 4.74 Å². The van der Waals surface area contributed by atoms with E-state index in [-0.39, 0.29) is 11.1 Å². The number of ether oxygens (including phenoxy) is 1. The summed E-state index contributed by atoms with van der Waals surface area (Å²) in [4.78, 5) is 0. The van der Waals surface area contributed by atoms with Crippen LogP contribution in [0.3, 0.4) is 0 Å². The van der Waals surface area contributed by atoms with Gasteiger partial charge in [-0.05, 0) is 31.5 Å². The van der Waals surface area contributed by atoms with Gasteiger partial charge in [-0.3, -0.25) is 10.5 Å². The van der Waals surface area contributed by atoms with E-state index >= 15 is 0 Å². The van der Waals surface area contributed by atoms with Crippen molar-refractivity contribution in [2.45, 2.75) is 25.9 Å². The van der Waals surface area contributed by atoms with Crippen LogP contribution < -0.4 is 16.0 Å². The molecule has 0 saturated heterocycles. The lowest BCUT2D eigenvalue weighted by atomic mass is 10.0. The molecule has 0 saturated carbocycles. The zero-order valence-electron chi connectivity index (χ0n) is 12.1. The number of aromatic nitrogens is 2. The van der Waals surface area contributed by atoms with Gasteiger partial charge in [0.2, 0.25) is 0 Å². The Morgan fingerprint density at radius 1 is 1.43 bits per heavy atom. The fraction of sp³-hybridized carbons (Fsp3) is 0.357. The van der Waals surface area contributed by atoms with Crippen molar-refractivity contribution in [2.24, 2.45) is 5.84 Å². The minimum Gasteiger partial charge on any atom is -0.493 e. The predicted octanol–water partition coefficient (Wildman–Crippen LogP) is 2.82. The summed E-state index contributed by atoms with van der Waals surface area (Å²) < 4.78 is 20.4. The topological polar surface area (TPSA) is 65.1 Å². The number of rotatable bonds is 5. The Bertz CT molecular complexity index is 629. The van der Waals surface area contributed by atoms with E-state index in [1.54, 1.807) is 24.1 Å². The third kappa shape index (κ3) is 3.02.